The van der Waals surface area contributed by atoms with Crippen LogP contribution in [0, 0.1) is 0 Å². The Bertz CT molecular complexity index is 1020. The van der Waals surface area contributed by atoms with Crippen LogP contribution in [0.4, 0.5) is 0 Å². The van der Waals surface area contributed by atoms with Crippen molar-refractivity contribution >= 4 is 39.3 Å². The standard InChI is InChI=1S/C27H34BrClN2O3/c1-18(26(33)30-22-10-5-6-11-22)31(16-19-8-7-9-21(29)14-19)25(32)17-34-24-13-12-20(15-23(24)28)27(2,3)4/h7-9,12-15,18,22H,5-6,10-11,16-17H2,1-4H3,(H,30,33). The first-order valence-corrected chi connectivity index (χ1v) is 13.0. The van der Waals surface area contributed by atoms with Gasteiger partial charge in [0.05, 0.1) is 4.47 Å². The number of nitrogens with zero attached hydrogens (tertiary/aromatic N) is 1. The maximum atomic E-state index is 13.3. The highest BCUT2D eigenvalue weighted by Crippen LogP contribution is 2.31. The molecule has 0 bridgehead atoms. The third-order valence-corrected chi connectivity index (χ3v) is 7.11. The Hall–Kier alpha value is -2.05. The topological polar surface area (TPSA) is 58.6 Å². The molecule has 3 rings (SSSR count). The summed E-state index contributed by atoms with van der Waals surface area (Å²) in [7, 11) is 0. The van der Waals surface area contributed by atoms with E-state index in [4.69, 9.17) is 16.3 Å². The van der Waals surface area contributed by atoms with Gasteiger partial charge in [-0.2, -0.15) is 0 Å². The van der Waals surface area contributed by atoms with E-state index >= 15 is 0 Å². The van der Waals surface area contributed by atoms with Crippen molar-refractivity contribution in [2.75, 3.05) is 6.61 Å². The van der Waals surface area contributed by atoms with Crippen molar-refractivity contribution in [3.63, 3.8) is 0 Å². The molecule has 0 spiro atoms. The van der Waals surface area contributed by atoms with Crippen LogP contribution in [0.15, 0.2) is 46.9 Å². The number of nitrogens with one attached hydrogen (secondary N) is 1. The molecule has 7 heteroatoms. The molecule has 2 amide bonds. The van der Waals surface area contributed by atoms with E-state index in [1.54, 1.807) is 17.9 Å². The number of rotatable bonds is 8. The molecule has 0 aromatic heterocycles. The normalized spacial score (nSPS) is 15.1. The number of carbonyl (C=O) groups excluding carboxylic acids is 2. The molecule has 2 aromatic rings. The average Bonchev–Trinajstić information content (AvgIpc) is 3.28. The predicted molar refractivity (Wildman–Crippen MR) is 140 cm³/mol. The van der Waals surface area contributed by atoms with Crippen LogP contribution < -0.4 is 10.1 Å². The molecule has 1 aliphatic rings. The maximum absolute atomic E-state index is 13.3. The first kappa shape index (κ1) is 26.6. The number of amides is 2. The summed E-state index contributed by atoms with van der Waals surface area (Å²) in [6.45, 7) is 8.29. The molecule has 1 N–H and O–H groups in total. The van der Waals surface area contributed by atoms with E-state index in [0.29, 0.717) is 10.8 Å². The van der Waals surface area contributed by atoms with Gasteiger partial charge in [-0.15, -0.1) is 0 Å². The van der Waals surface area contributed by atoms with Crippen LogP contribution in [0.5, 0.6) is 5.75 Å². The zero-order chi connectivity index (χ0) is 24.9. The Morgan fingerprint density at radius 2 is 1.88 bits per heavy atom. The lowest BCUT2D eigenvalue weighted by Crippen LogP contribution is -2.50. The summed E-state index contributed by atoms with van der Waals surface area (Å²) in [5.74, 6) is 0.186. The van der Waals surface area contributed by atoms with Crippen molar-refractivity contribution in [3.8, 4) is 5.75 Å². The van der Waals surface area contributed by atoms with Crippen LogP contribution in [-0.2, 0) is 21.5 Å². The Morgan fingerprint density at radius 3 is 2.50 bits per heavy atom. The molecule has 2 aromatic carbocycles. The third-order valence-electron chi connectivity index (χ3n) is 6.26. The van der Waals surface area contributed by atoms with Crippen LogP contribution in [0.2, 0.25) is 5.02 Å². The minimum Gasteiger partial charge on any atom is -0.483 e. The van der Waals surface area contributed by atoms with E-state index in [1.807, 2.05) is 36.4 Å². The molecule has 184 valence electrons. The van der Waals surface area contributed by atoms with Gasteiger partial charge >= 0.3 is 0 Å². The van der Waals surface area contributed by atoms with Crippen LogP contribution in [0.25, 0.3) is 0 Å². The number of hydrogen-bond donors (Lipinski definition) is 1. The summed E-state index contributed by atoms with van der Waals surface area (Å²) in [5.41, 5.74) is 2.03. The van der Waals surface area contributed by atoms with Gasteiger partial charge in [0.1, 0.15) is 11.8 Å². The predicted octanol–water partition coefficient (Wildman–Crippen LogP) is 6.25. The van der Waals surface area contributed by atoms with Gasteiger partial charge in [-0.25, -0.2) is 0 Å². The van der Waals surface area contributed by atoms with Crippen molar-refractivity contribution in [2.45, 2.75) is 77.4 Å². The minimum absolute atomic E-state index is 0.00668. The van der Waals surface area contributed by atoms with E-state index in [1.165, 1.54) is 0 Å². The molecule has 0 aliphatic heterocycles. The molecule has 0 radical (unpaired) electrons. The van der Waals surface area contributed by atoms with E-state index in [-0.39, 0.29) is 36.4 Å². The highest BCUT2D eigenvalue weighted by molar-refractivity contribution is 9.10. The second kappa shape index (κ2) is 11.6. The second-order valence-electron chi connectivity index (χ2n) is 10.0. The van der Waals surface area contributed by atoms with Gasteiger partial charge in [-0.3, -0.25) is 9.59 Å². The number of halogens is 2. The van der Waals surface area contributed by atoms with E-state index in [2.05, 4.69) is 42.0 Å². The molecule has 0 saturated heterocycles. The highest BCUT2D eigenvalue weighted by atomic mass is 79.9. The van der Waals surface area contributed by atoms with E-state index in [0.717, 1.165) is 41.3 Å². The maximum Gasteiger partial charge on any atom is 0.261 e. The van der Waals surface area contributed by atoms with Crippen molar-refractivity contribution < 1.29 is 14.3 Å². The van der Waals surface area contributed by atoms with Gasteiger partial charge in [-0.1, -0.05) is 63.4 Å². The fourth-order valence-electron chi connectivity index (χ4n) is 4.11. The lowest BCUT2D eigenvalue weighted by Gasteiger charge is -2.30. The van der Waals surface area contributed by atoms with Crippen molar-refractivity contribution in [1.82, 2.24) is 10.2 Å². The molecule has 0 heterocycles. The third kappa shape index (κ3) is 7.22. The quantitative estimate of drug-likeness (QED) is 0.423. The first-order valence-electron chi connectivity index (χ1n) is 11.8. The Labute approximate surface area is 216 Å². The molecule has 1 saturated carbocycles. The zero-order valence-corrected chi connectivity index (χ0v) is 22.7. The number of ether oxygens (including phenoxy) is 1. The number of carbonyl (C=O) groups is 2. The second-order valence-corrected chi connectivity index (χ2v) is 11.3. The van der Waals surface area contributed by atoms with Gasteiger partial charge in [0.25, 0.3) is 5.91 Å². The first-order chi connectivity index (χ1) is 16.0. The lowest BCUT2D eigenvalue weighted by molar-refractivity contribution is -0.142. The molecular weight excluding hydrogens is 516 g/mol. The molecule has 1 atom stereocenters. The number of hydrogen-bond acceptors (Lipinski definition) is 3. The van der Waals surface area contributed by atoms with E-state index < -0.39 is 6.04 Å². The molecule has 34 heavy (non-hydrogen) atoms. The monoisotopic (exact) mass is 548 g/mol. The van der Waals surface area contributed by atoms with Crippen LogP contribution in [0.3, 0.4) is 0 Å². The summed E-state index contributed by atoms with van der Waals surface area (Å²) in [5, 5.41) is 3.70. The summed E-state index contributed by atoms with van der Waals surface area (Å²) in [4.78, 5) is 27.8. The van der Waals surface area contributed by atoms with Crippen LogP contribution >= 0.6 is 27.5 Å². The zero-order valence-electron chi connectivity index (χ0n) is 20.4. The van der Waals surface area contributed by atoms with Gasteiger partial charge in [0, 0.05) is 17.6 Å². The molecule has 5 nitrogen and oxygen atoms in total. The minimum atomic E-state index is -0.637. The highest BCUT2D eigenvalue weighted by Gasteiger charge is 2.29. The largest absolute Gasteiger partial charge is 0.483 e. The Morgan fingerprint density at radius 1 is 1.18 bits per heavy atom. The van der Waals surface area contributed by atoms with Crippen molar-refractivity contribution in [3.05, 3.63) is 63.1 Å². The summed E-state index contributed by atoms with van der Waals surface area (Å²) < 4.78 is 6.67. The summed E-state index contributed by atoms with van der Waals surface area (Å²) in [6.07, 6.45) is 4.23. The average molecular weight is 550 g/mol. The van der Waals surface area contributed by atoms with Crippen molar-refractivity contribution in [1.29, 1.82) is 0 Å². The van der Waals surface area contributed by atoms with Crippen molar-refractivity contribution in [2.24, 2.45) is 0 Å². The number of benzene rings is 2. The Kier molecular flexibility index (Phi) is 9.05. The Balaban J connectivity index is 1.73. The summed E-state index contributed by atoms with van der Waals surface area (Å²) in [6, 6.07) is 12.8. The van der Waals surface area contributed by atoms with Gasteiger partial charge in [0.15, 0.2) is 6.61 Å². The molecule has 1 aliphatic carbocycles. The lowest BCUT2D eigenvalue weighted by atomic mass is 9.87. The van der Waals surface area contributed by atoms with Gasteiger partial charge in [0.2, 0.25) is 5.91 Å². The van der Waals surface area contributed by atoms with Crippen LogP contribution in [0.1, 0.15) is 64.5 Å². The van der Waals surface area contributed by atoms with Gasteiger partial charge < -0.3 is 15.0 Å². The smallest absolute Gasteiger partial charge is 0.261 e. The van der Waals surface area contributed by atoms with Gasteiger partial charge in [-0.05, 0) is 76.5 Å². The van der Waals surface area contributed by atoms with E-state index in [9.17, 15) is 9.59 Å². The van der Waals surface area contributed by atoms with Crippen LogP contribution in [-0.4, -0.2) is 35.4 Å². The molecular formula is C27H34BrClN2O3. The fourth-order valence-corrected chi connectivity index (χ4v) is 4.82. The molecule has 1 fully saturated rings. The fraction of sp³-hybridized carbons (Fsp3) is 0.481. The SMILES string of the molecule is CC(C(=O)NC1CCCC1)N(Cc1cccc(Cl)c1)C(=O)COc1ccc(C(C)(C)C)cc1Br. The molecule has 1 unspecified atom stereocenters. The summed E-state index contributed by atoms with van der Waals surface area (Å²) >= 11 is 9.71.